The first-order valence-electron chi connectivity index (χ1n) is 9.53. The molecule has 1 fully saturated rings. The summed E-state index contributed by atoms with van der Waals surface area (Å²) in [6.07, 6.45) is -5.00. The molecule has 167 valence electrons. The van der Waals surface area contributed by atoms with Gasteiger partial charge in [-0.3, -0.25) is 4.79 Å². The fraction of sp³-hybridized carbons (Fsp3) is 0.632. The lowest BCUT2D eigenvalue weighted by Gasteiger charge is -2.38. The summed E-state index contributed by atoms with van der Waals surface area (Å²) in [7, 11) is -0.604. The van der Waals surface area contributed by atoms with Gasteiger partial charge in [0.1, 0.15) is 5.60 Å². The Balaban J connectivity index is 2.27. The fourth-order valence-corrected chi connectivity index (χ4v) is 5.83. The molecular formula is C19H27F3N3O4Si. The molecular weight excluding hydrogens is 419 g/mol. The van der Waals surface area contributed by atoms with Crippen LogP contribution < -0.4 is 4.74 Å². The molecule has 0 unspecified atom stereocenters. The maximum Gasteiger partial charge on any atom is 0.470 e. The molecule has 0 aliphatic carbocycles. The second kappa shape index (κ2) is 9.23. The number of ether oxygens (including phenoxy) is 2. The van der Waals surface area contributed by atoms with Crippen molar-refractivity contribution in [3.05, 3.63) is 23.4 Å². The number of hydrogen-bond donors (Lipinski definition) is 0. The van der Waals surface area contributed by atoms with Crippen LogP contribution in [0.15, 0.2) is 12.1 Å². The van der Waals surface area contributed by atoms with Crippen LogP contribution in [-0.4, -0.2) is 67.0 Å². The topological polar surface area (TPSA) is 72.0 Å². The first-order valence-corrected chi connectivity index (χ1v) is 11.4. The number of pyridine rings is 1. The second-order valence-electron chi connectivity index (χ2n) is 8.12. The molecule has 0 N–H and O–H groups in total. The van der Waals surface area contributed by atoms with Crippen LogP contribution in [0.5, 0.6) is 5.88 Å². The molecule has 2 amide bonds. The Hall–Kier alpha value is -2.30. The van der Waals surface area contributed by atoms with E-state index in [1.54, 1.807) is 33.8 Å². The minimum absolute atomic E-state index is 0.0720. The fourth-order valence-electron chi connectivity index (χ4n) is 3.12. The first kappa shape index (κ1) is 24.0. The Bertz CT molecular complexity index is 783. The smallest absolute Gasteiger partial charge is 0.470 e. The molecule has 1 radical (unpaired) electrons. The highest BCUT2D eigenvalue weighted by molar-refractivity contribution is 6.59. The van der Waals surface area contributed by atoms with Gasteiger partial charge in [0, 0.05) is 31.0 Å². The minimum atomic E-state index is -5.00. The number of rotatable bonds is 4. The van der Waals surface area contributed by atoms with E-state index >= 15 is 0 Å². The zero-order valence-electron chi connectivity index (χ0n) is 17.8. The monoisotopic (exact) mass is 446 g/mol. The molecule has 11 heteroatoms. The molecule has 0 atom stereocenters. The molecule has 0 saturated carbocycles. The lowest BCUT2D eigenvalue weighted by molar-refractivity contribution is -0.181. The number of carbonyl (C=O) groups excluding carboxylic acids is 2. The summed E-state index contributed by atoms with van der Waals surface area (Å²) in [5.41, 5.74) is 0.345. The Morgan fingerprint density at radius 2 is 1.93 bits per heavy atom. The molecule has 0 spiro atoms. The number of amides is 2. The van der Waals surface area contributed by atoms with Crippen LogP contribution in [0.1, 0.15) is 38.4 Å². The van der Waals surface area contributed by atoms with Crippen molar-refractivity contribution < 1.29 is 32.2 Å². The van der Waals surface area contributed by atoms with Crippen molar-refractivity contribution in [2.75, 3.05) is 19.8 Å². The van der Waals surface area contributed by atoms with Crippen LogP contribution in [0, 0.1) is 6.92 Å². The number of alkyl halides is 3. The second-order valence-corrected chi connectivity index (χ2v) is 10.6. The lowest BCUT2D eigenvalue weighted by Crippen LogP contribution is -2.57. The van der Waals surface area contributed by atoms with Crippen molar-refractivity contribution in [3.8, 4) is 5.88 Å². The SMILES string of the molecule is COc1cc(CN(C(=O)C(F)(F)F)[Si]2CCCN(C(=O)OC(C)(C)C)C2)cc(C)n1. The third-order valence-electron chi connectivity index (χ3n) is 4.33. The van der Waals surface area contributed by atoms with Gasteiger partial charge in [0.15, 0.2) is 8.96 Å². The van der Waals surface area contributed by atoms with Crippen molar-refractivity contribution >= 4 is 21.0 Å². The van der Waals surface area contributed by atoms with Gasteiger partial charge in [0.25, 0.3) is 0 Å². The van der Waals surface area contributed by atoms with Gasteiger partial charge >= 0.3 is 18.2 Å². The van der Waals surface area contributed by atoms with Crippen LogP contribution in [0.25, 0.3) is 0 Å². The van der Waals surface area contributed by atoms with Crippen LogP contribution >= 0.6 is 0 Å². The highest BCUT2D eigenvalue weighted by Gasteiger charge is 2.46. The number of nitrogens with zero attached hydrogens (tertiary/aromatic N) is 3. The van der Waals surface area contributed by atoms with E-state index < -0.39 is 32.7 Å². The van der Waals surface area contributed by atoms with Gasteiger partial charge in [-0.05, 0) is 51.8 Å². The highest BCUT2D eigenvalue weighted by atomic mass is 28.3. The first-order chi connectivity index (χ1) is 13.8. The number of methoxy groups -OCH3 is 1. The van der Waals surface area contributed by atoms with Crippen molar-refractivity contribution in [1.29, 1.82) is 0 Å². The molecule has 1 aromatic heterocycles. The molecule has 7 nitrogen and oxygen atoms in total. The third kappa shape index (κ3) is 6.61. The van der Waals surface area contributed by atoms with Crippen molar-refractivity contribution in [2.24, 2.45) is 0 Å². The quantitative estimate of drug-likeness (QED) is 0.663. The summed E-state index contributed by atoms with van der Waals surface area (Å²) >= 11 is 0. The number of carbonyl (C=O) groups is 2. The van der Waals surface area contributed by atoms with Crippen molar-refractivity contribution in [1.82, 2.24) is 14.4 Å². The van der Waals surface area contributed by atoms with Gasteiger partial charge in [0.05, 0.1) is 7.11 Å². The van der Waals surface area contributed by atoms with E-state index in [1.807, 2.05) is 0 Å². The average Bonchev–Trinajstić information content (AvgIpc) is 2.63. The molecule has 2 heterocycles. The maximum absolute atomic E-state index is 13.3. The van der Waals surface area contributed by atoms with E-state index in [0.717, 1.165) is 4.57 Å². The Kier molecular flexibility index (Phi) is 7.38. The molecule has 2 rings (SSSR count). The van der Waals surface area contributed by atoms with Crippen molar-refractivity contribution in [2.45, 2.75) is 58.5 Å². The zero-order chi connectivity index (χ0) is 22.7. The predicted molar refractivity (Wildman–Crippen MR) is 105 cm³/mol. The molecule has 30 heavy (non-hydrogen) atoms. The van der Waals surface area contributed by atoms with Crippen LogP contribution in [0.3, 0.4) is 0 Å². The summed E-state index contributed by atoms with van der Waals surface area (Å²) in [6.45, 7) is 7.02. The summed E-state index contributed by atoms with van der Waals surface area (Å²) in [6, 6.07) is 3.59. The van der Waals surface area contributed by atoms with Gasteiger partial charge in [-0.2, -0.15) is 13.2 Å². The molecule has 1 aromatic rings. The largest absolute Gasteiger partial charge is 0.481 e. The van der Waals surface area contributed by atoms with Gasteiger partial charge in [-0.25, -0.2) is 9.78 Å². The van der Waals surface area contributed by atoms with Gasteiger partial charge in [0.2, 0.25) is 5.88 Å². The Labute approximate surface area is 175 Å². The van der Waals surface area contributed by atoms with E-state index in [2.05, 4.69) is 4.98 Å². The predicted octanol–water partition coefficient (Wildman–Crippen LogP) is 3.46. The number of halogens is 3. The van der Waals surface area contributed by atoms with E-state index in [4.69, 9.17) is 9.47 Å². The highest BCUT2D eigenvalue weighted by Crippen LogP contribution is 2.26. The van der Waals surface area contributed by atoms with E-state index in [1.165, 1.54) is 18.1 Å². The Morgan fingerprint density at radius 1 is 1.27 bits per heavy atom. The van der Waals surface area contributed by atoms with Crippen LogP contribution in [-0.2, 0) is 16.1 Å². The summed E-state index contributed by atoms with van der Waals surface area (Å²) < 4.78 is 51.3. The summed E-state index contributed by atoms with van der Waals surface area (Å²) in [5, 5.41) is 0. The molecule has 0 aromatic carbocycles. The lowest BCUT2D eigenvalue weighted by atomic mass is 10.2. The van der Waals surface area contributed by atoms with E-state index in [9.17, 15) is 22.8 Å². The standard InChI is InChI=1S/C19H27F3N3O4Si/c1-13-9-14(10-15(23-13)28-5)11-25(16(26)19(20,21)22)30-8-6-7-24(12-30)17(27)29-18(2,3)4/h9-10H,6-8,11-12H2,1-5H3. The van der Waals surface area contributed by atoms with E-state index in [0.29, 0.717) is 30.3 Å². The third-order valence-corrected chi connectivity index (χ3v) is 7.13. The molecule has 1 aliphatic rings. The van der Waals surface area contributed by atoms with Gasteiger partial charge in [-0.15, -0.1) is 0 Å². The minimum Gasteiger partial charge on any atom is -0.481 e. The van der Waals surface area contributed by atoms with Crippen LogP contribution in [0.2, 0.25) is 6.04 Å². The Morgan fingerprint density at radius 3 is 2.50 bits per heavy atom. The van der Waals surface area contributed by atoms with Crippen LogP contribution in [0.4, 0.5) is 18.0 Å². The maximum atomic E-state index is 13.3. The zero-order valence-corrected chi connectivity index (χ0v) is 18.8. The number of aryl methyl sites for hydroxylation is 1. The molecule has 1 aliphatic heterocycles. The number of hydrogen-bond acceptors (Lipinski definition) is 5. The average molecular weight is 447 g/mol. The molecule has 0 bridgehead atoms. The number of aromatic nitrogens is 1. The van der Waals surface area contributed by atoms with Gasteiger partial charge in [-0.1, -0.05) is 0 Å². The summed E-state index contributed by atoms with van der Waals surface area (Å²) in [4.78, 5) is 30.2. The van der Waals surface area contributed by atoms with Crippen molar-refractivity contribution in [3.63, 3.8) is 0 Å². The normalized spacial score (nSPS) is 15.7. The summed E-state index contributed by atoms with van der Waals surface area (Å²) in [5.74, 6) is -1.63. The van der Waals surface area contributed by atoms with Gasteiger partial charge < -0.3 is 18.9 Å². The van der Waals surface area contributed by atoms with E-state index in [-0.39, 0.29) is 18.6 Å². The molecule has 1 saturated heterocycles.